The Bertz CT molecular complexity index is 557. The molecule has 0 amide bonds. The SMILES string of the molecule is CCNCc1cc(F)cc(OCc2noc(CC)n2)c1. The molecule has 1 aromatic heterocycles. The van der Waals surface area contributed by atoms with E-state index in [9.17, 15) is 4.39 Å². The molecular formula is C14H18FN3O2. The van der Waals surface area contributed by atoms with Gasteiger partial charge in [0.1, 0.15) is 11.6 Å². The first-order valence-electron chi connectivity index (χ1n) is 6.65. The number of aryl methyl sites for hydroxylation is 1. The molecule has 0 saturated carbocycles. The number of hydrogen-bond donors (Lipinski definition) is 1. The van der Waals surface area contributed by atoms with E-state index in [0.29, 0.717) is 30.4 Å². The molecule has 0 aliphatic carbocycles. The van der Waals surface area contributed by atoms with Crippen LogP contribution in [0.5, 0.6) is 5.75 Å². The summed E-state index contributed by atoms with van der Waals surface area (Å²) in [5.74, 6) is 1.16. The van der Waals surface area contributed by atoms with E-state index in [1.807, 2.05) is 13.8 Å². The molecule has 0 saturated heterocycles. The second-order valence-electron chi connectivity index (χ2n) is 4.32. The number of nitrogens with zero attached hydrogens (tertiary/aromatic N) is 2. The third kappa shape index (κ3) is 4.03. The number of nitrogens with one attached hydrogen (secondary N) is 1. The molecule has 0 atom stereocenters. The zero-order chi connectivity index (χ0) is 14.4. The molecule has 20 heavy (non-hydrogen) atoms. The molecule has 0 fully saturated rings. The van der Waals surface area contributed by atoms with Crippen molar-refractivity contribution in [2.75, 3.05) is 6.54 Å². The predicted molar refractivity (Wildman–Crippen MR) is 71.8 cm³/mol. The van der Waals surface area contributed by atoms with Gasteiger partial charge in [-0.15, -0.1) is 0 Å². The first-order chi connectivity index (χ1) is 9.71. The van der Waals surface area contributed by atoms with Gasteiger partial charge in [0.05, 0.1) is 0 Å². The molecule has 2 aromatic rings. The Balaban J connectivity index is 1.99. The number of ether oxygens (including phenoxy) is 1. The smallest absolute Gasteiger partial charge is 0.226 e. The second kappa shape index (κ2) is 7.00. The summed E-state index contributed by atoms with van der Waals surface area (Å²) in [7, 11) is 0. The number of aromatic nitrogens is 2. The zero-order valence-corrected chi connectivity index (χ0v) is 11.6. The van der Waals surface area contributed by atoms with Crippen molar-refractivity contribution in [2.24, 2.45) is 0 Å². The third-order valence-corrected chi connectivity index (χ3v) is 2.69. The predicted octanol–water partition coefficient (Wildman–Crippen LogP) is 2.46. The highest BCUT2D eigenvalue weighted by Gasteiger charge is 2.07. The summed E-state index contributed by atoms with van der Waals surface area (Å²) >= 11 is 0. The summed E-state index contributed by atoms with van der Waals surface area (Å²) in [6.07, 6.45) is 0.680. The number of benzene rings is 1. The molecule has 1 aromatic carbocycles. The van der Waals surface area contributed by atoms with Gasteiger partial charge in [0, 0.05) is 19.0 Å². The summed E-state index contributed by atoms with van der Waals surface area (Å²) < 4.78 is 24.0. The van der Waals surface area contributed by atoms with E-state index in [1.165, 1.54) is 12.1 Å². The van der Waals surface area contributed by atoms with Gasteiger partial charge in [0.15, 0.2) is 6.61 Å². The summed E-state index contributed by atoms with van der Waals surface area (Å²) in [5.41, 5.74) is 0.837. The standard InChI is InChI=1S/C14H18FN3O2/c1-3-14-17-13(18-20-14)9-19-12-6-10(8-16-4-2)5-11(15)7-12/h5-7,16H,3-4,8-9H2,1-2H3. The van der Waals surface area contributed by atoms with Gasteiger partial charge in [0.2, 0.25) is 11.7 Å². The van der Waals surface area contributed by atoms with Crippen molar-refractivity contribution in [2.45, 2.75) is 33.4 Å². The minimum Gasteiger partial charge on any atom is -0.485 e. The highest BCUT2D eigenvalue weighted by Crippen LogP contribution is 2.17. The molecule has 0 unspecified atom stereocenters. The summed E-state index contributed by atoms with van der Waals surface area (Å²) in [6, 6.07) is 4.63. The van der Waals surface area contributed by atoms with Gasteiger partial charge in [-0.1, -0.05) is 19.0 Å². The van der Waals surface area contributed by atoms with E-state index in [0.717, 1.165) is 12.1 Å². The maximum absolute atomic E-state index is 13.5. The first kappa shape index (κ1) is 14.5. The lowest BCUT2D eigenvalue weighted by Crippen LogP contribution is -2.12. The minimum absolute atomic E-state index is 0.160. The van der Waals surface area contributed by atoms with Gasteiger partial charge in [-0.3, -0.25) is 0 Å². The Labute approximate surface area is 117 Å². The van der Waals surface area contributed by atoms with Crippen LogP contribution in [0.4, 0.5) is 4.39 Å². The summed E-state index contributed by atoms with van der Waals surface area (Å²) in [6.45, 7) is 5.52. The van der Waals surface area contributed by atoms with Crippen molar-refractivity contribution in [1.29, 1.82) is 0 Å². The highest BCUT2D eigenvalue weighted by molar-refractivity contribution is 5.29. The molecule has 6 heteroatoms. The van der Waals surface area contributed by atoms with Crippen LogP contribution in [0.15, 0.2) is 22.7 Å². The Hall–Kier alpha value is -1.95. The van der Waals surface area contributed by atoms with Crippen molar-refractivity contribution in [1.82, 2.24) is 15.5 Å². The Morgan fingerprint density at radius 1 is 1.30 bits per heavy atom. The maximum Gasteiger partial charge on any atom is 0.226 e. The number of hydrogen-bond acceptors (Lipinski definition) is 5. The van der Waals surface area contributed by atoms with Crippen LogP contribution in [0.1, 0.15) is 31.1 Å². The van der Waals surface area contributed by atoms with Crippen LogP contribution in [0.3, 0.4) is 0 Å². The molecule has 1 N–H and O–H groups in total. The number of rotatable bonds is 7. The Morgan fingerprint density at radius 3 is 2.85 bits per heavy atom. The lowest BCUT2D eigenvalue weighted by molar-refractivity contribution is 0.283. The third-order valence-electron chi connectivity index (χ3n) is 2.69. The average molecular weight is 279 g/mol. The van der Waals surface area contributed by atoms with E-state index in [2.05, 4.69) is 15.5 Å². The van der Waals surface area contributed by atoms with Crippen molar-refractivity contribution in [3.63, 3.8) is 0 Å². The summed E-state index contributed by atoms with van der Waals surface area (Å²) in [4.78, 5) is 4.13. The number of halogens is 1. The molecule has 0 bridgehead atoms. The lowest BCUT2D eigenvalue weighted by atomic mass is 10.2. The topological polar surface area (TPSA) is 60.2 Å². The fourth-order valence-corrected chi connectivity index (χ4v) is 1.72. The molecule has 0 spiro atoms. The average Bonchev–Trinajstić information content (AvgIpc) is 2.90. The quantitative estimate of drug-likeness (QED) is 0.843. The Morgan fingerprint density at radius 2 is 2.15 bits per heavy atom. The van der Waals surface area contributed by atoms with Crippen LogP contribution in [-0.4, -0.2) is 16.7 Å². The lowest BCUT2D eigenvalue weighted by Gasteiger charge is -2.07. The van der Waals surface area contributed by atoms with Crippen LogP contribution in [0, 0.1) is 5.82 Å². The van der Waals surface area contributed by atoms with Crippen LogP contribution in [0.25, 0.3) is 0 Å². The largest absolute Gasteiger partial charge is 0.485 e. The van der Waals surface area contributed by atoms with Crippen molar-refractivity contribution < 1.29 is 13.7 Å². The van der Waals surface area contributed by atoms with Crippen molar-refractivity contribution >= 4 is 0 Å². The molecule has 5 nitrogen and oxygen atoms in total. The summed E-state index contributed by atoms with van der Waals surface area (Å²) in [5, 5.41) is 6.92. The van der Waals surface area contributed by atoms with Gasteiger partial charge >= 0.3 is 0 Å². The molecule has 0 aliphatic heterocycles. The van der Waals surface area contributed by atoms with Crippen LogP contribution < -0.4 is 10.1 Å². The molecule has 1 heterocycles. The van der Waals surface area contributed by atoms with E-state index in [4.69, 9.17) is 9.26 Å². The molecule has 108 valence electrons. The zero-order valence-electron chi connectivity index (χ0n) is 11.6. The minimum atomic E-state index is -0.322. The monoisotopic (exact) mass is 279 g/mol. The van der Waals surface area contributed by atoms with Gasteiger partial charge in [-0.2, -0.15) is 4.98 Å². The fourth-order valence-electron chi connectivity index (χ4n) is 1.72. The van der Waals surface area contributed by atoms with E-state index < -0.39 is 0 Å². The van der Waals surface area contributed by atoms with Gasteiger partial charge < -0.3 is 14.6 Å². The van der Waals surface area contributed by atoms with Crippen molar-refractivity contribution in [3.05, 3.63) is 41.3 Å². The highest BCUT2D eigenvalue weighted by atomic mass is 19.1. The van der Waals surface area contributed by atoms with Crippen LogP contribution >= 0.6 is 0 Å². The first-order valence-corrected chi connectivity index (χ1v) is 6.65. The van der Waals surface area contributed by atoms with Crippen molar-refractivity contribution in [3.8, 4) is 5.75 Å². The van der Waals surface area contributed by atoms with Crippen LogP contribution in [-0.2, 0) is 19.6 Å². The van der Waals surface area contributed by atoms with E-state index >= 15 is 0 Å². The molecule has 2 rings (SSSR count). The molecular weight excluding hydrogens is 261 g/mol. The molecule has 0 aliphatic rings. The van der Waals surface area contributed by atoms with E-state index in [-0.39, 0.29) is 12.4 Å². The second-order valence-corrected chi connectivity index (χ2v) is 4.32. The molecule has 0 radical (unpaired) electrons. The van der Waals surface area contributed by atoms with Gasteiger partial charge in [-0.25, -0.2) is 4.39 Å². The van der Waals surface area contributed by atoms with Crippen LogP contribution in [0.2, 0.25) is 0 Å². The van der Waals surface area contributed by atoms with E-state index in [1.54, 1.807) is 6.07 Å². The Kier molecular flexibility index (Phi) is 5.06. The fraction of sp³-hybridized carbons (Fsp3) is 0.429. The van der Waals surface area contributed by atoms with Gasteiger partial charge in [-0.05, 0) is 24.2 Å². The normalized spacial score (nSPS) is 10.8. The maximum atomic E-state index is 13.5. The van der Waals surface area contributed by atoms with Gasteiger partial charge in [0.25, 0.3) is 0 Å².